The SMILES string of the molecule is CCCC(C#N)NC(=O)c1ccc(C(=O)c2cc[nH]c2)cc1. The Morgan fingerprint density at radius 2 is 1.86 bits per heavy atom. The molecule has 2 aromatic rings. The molecule has 0 saturated carbocycles. The summed E-state index contributed by atoms with van der Waals surface area (Å²) in [5.74, 6) is -0.408. The zero-order valence-corrected chi connectivity index (χ0v) is 12.3. The fourth-order valence-corrected chi connectivity index (χ4v) is 2.10. The lowest BCUT2D eigenvalue weighted by atomic mass is 10.0. The Hall–Kier alpha value is -2.87. The molecule has 0 fully saturated rings. The smallest absolute Gasteiger partial charge is 0.252 e. The van der Waals surface area contributed by atoms with Gasteiger partial charge in [-0.15, -0.1) is 0 Å². The Morgan fingerprint density at radius 3 is 2.41 bits per heavy atom. The fraction of sp³-hybridized carbons (Fsp3) is 0.235. The van der Waals surface area contributed by atoms with Crippen molar-refractivity contribution in [1.82, 2.24) is 10.3 Å². The van der Waals surface area contributed by atoms with E-state index >= 15 is 0 Å². The molecule has 1 unspecified atom stereocenters. The highest BCUT2D eigenvalue weighted by molar-refractivity contribution is 6.09. The minimum Gasteiger partial charge on any atom is -0.367 e. The molecule has 0 spiro atoms. The number of ketones is 1. The maximum absolute atomic E-state index is 12.1. The van der Waals surface area contributed by atoms with Crippen LogP contribution in [-0.4, -0.2) is 22.7 Å². The van der Waals surface area contributed by atoms with Crippen LogP contribution < -0.4 is 5.32 Å². The van der Waals surface area contributed by atoms with E-state index in [9.17, 15) is 9.59 Å². The van der Waals surface area contributed by atoms with E-state index < -0.39 is 6.04 Å². The van der Waals surface area contributed by atoms with Gasteiger partial charge in [0, 0.05) is 29.1 Å². The summed E-state index contributed by atoms with van der Waals surface area (Å²) in [6, 6.07) is 9.69. The van der Waals surface area contributed by atoms with E-state index in [0.717, 1.165) is 6.42 Å². The number of amides is 1. The largest absolute Gasteiger partial charge is 0.367 e. The minimum absolute atomic E-state index is 0.103. The van der Waals surface area contributed by atoms with Gasteiger partial charge in [0.15, 0.2) is 5.78 Å². The molecule has 0 saturated heterocycles. The molecular weight excluding hydrogens is 278 g/mol. The van der Waals surface area contributed by atoms with Gasteiger partial charge in [0.25, 0.3) is 5.91 Å². The van der Waals surface area contributed by atoms with Gasteiger partial charge in [0.05, 0.1) is 6.07 Å². The first-order valence-corrected chi connectivity index (χ1v) is 7.13. The number of hydrogen-bond acceptors (Lipinski definition) is 3. The van der Waals surface area contributed by atoms with Crippen LogP contribution in [-0.2, 0) is 0 Å². The van der Waals surface area contributed by atoms with Crippen LogP contribution >= 0.6 is 0 Å². The molecule has 1 aromatic heterocycles. The fourth-order valence-electron chi connectivity index (χ4n) is 2.10. The summed E-state index contributed by atoms with van der Waals surface area (Å²) < 4.78 is 0. The molecule has 1 aromatic carbocycles. The second-order valence-electron chi connectivity index (χ2n) is 4.95. The number of aromatic nitrogens is 1. The number of carbonyl (C=O) groups is 2. The van der Waals surface area contributed by atoms with E-state index in [2.05, 4.69) is 16.4 Å². The zero-order valence-electron chi connectivity index (χ0n) is 12.3. The zero-order chi connectivity index (χ0) is 15.9. The quantitative estimate of drug-likeness (QED) is 0.803. The summed E-state index contributed by atoms with van der Waals surface area (Å²) in [7, 11) is 0. The standard InChI is InChI=1S/C17H17N3O2/c1-2-3-15(10-18)20-17(22)13-6-4-12(5-7-13)16(21)14-8-9-19-11-14/h4-9,11,15,19H,2-3H2,1H3,(H,20,22). The maximum Gasteiger partial charge on any atom is 0.252 e. The molecule has 0 aliphatic rings. The van der Waals surface area contributed by atoms with Gasteiger partial charge >= 0.3 is 0 Å². The van der Waals surface area contributed by atoms with Gasteiger partial charge in [-0.1, -0.05) is 25.5 Å². The first-order chi connectivity index (χ1) is 10.7. The molecule has 0 aliphatic heterocycles. The molecule has 0 aliphatic carbocycles. The van der Waals surface area contributed by atoms with Crippen molar-refractivity contribution in [3.63, 3.8) is 0 Å². The molecule has 22 heavy (non-hydrogen) atoms. The average molecular weight is 295 g/mol. The van der Waals surface area contributed by atoms with Gasteiger partial charge < -0.3 is 10.3 Å². The van der Waals surface area contributed by atoms with E-state index in [4.69, 9.17) is 5.26 Å². The molecule has 5 nitrogen and oxygen atoms in total. The molecule has 0 bridgehead atoms. The van der Waals surface area contributed by atoms with Crippen molar-refractivity contribution in [1.29, 1.82) is 5.26 Å². The van der Waals surface area contributed by atoms with Gasteiger partial charge in [-0.05, 0) is 24.6 Å². The molecule has 2 N–H and O–H groups in total. The van der Waals surface area contributed by atoms with Crippen molar-refractivity contribution in [2.45, 2.75) is 25.8 Å². The van der Waals surface area contributed by atoms with Crippen molar-refractivity contribution in [3.8, 4) is 6.07 Å². The number of nitrogens with zero attached hydrogens (tertiary/aromatic N) is 1. The second-order valence-corrected chi connectivity index (χ2v) is 4.95. The predicted octanol–water partition coefficient (Wildman–Crippen LogP) is 2.67. The molecule has 2 rings (SSSR count). The lowest BCUT2D eigenvalue weighted by Crippen LogP contribution is -2.33. The number of H-pyrrole nitrogens is 1. The summed E-state index contributed by atoms with van der Waals surface area (Å²) in [5.41, 5.74) is 1.52. The summed E-state index contributed by atoms with van der Waals surface area (Å²) in [6.07, 6.45) is 4.75. The van der Waals surface area contributed by atoms with Crippen LogP contribution in [0.2, 0.25) is 0 Å². The summed E-state index contributed by atoms with van der Waals surface area (Å²) in [5, 5.41) is 11.6. The maximum atomic E-state index is 12.1. The lowest BCUT2D eigenvalue weighted by Gasteiger charge is -2.10. The Kier molecular flexibility index (Phi) is 5.10. The van der Waals surface area contributed by atoms with E-state index in [0.29, 0.717) is 23.1 Å². The third-order valence-electron chi connectivity index (χ3n) is 3.31. The van der Waals surface area contributed by atoms with Crippen LogP contribution in [0.3, 0.4) is 0 Å². The molecule has 112 valence electrons. The third-order valence-corrected chi connectivity index (χ3v) is 3.31. The van der Waals surface area contributed by atoms with Crippen molar-refractivity contribution < 1.29 is 9.59 Å². The van der Waals surface area contributed by atoms with Gasteiger partial charge in [-0.25, -0.2) is 0 Å². The Morgan fingerprint density at radius 1 is 1.18 bits per heavy atom. The van der Waals surface area contributed by atoms with E-state index in [1.165, 1.54) is 0 Å². The van der Waals surface area contributed by atoms with Gasteiger partial charge in [-0.3, -0.25) is 9.59 Å². The molecular formula is C17H17N3O2. The highest BCUT2D eigenvalue weighted by Crippen LogP contribution is 2.11. The van der Waals surface area contributed by atoms with Gasteiger partial charge in [0.2, 0.25) is 0 Å². The predicted molar refractivity (Wildman–Crippen MR) is 82.4 cm³/mol. The van der Waals surface area contributed by atoms with Crippen LogP contribution in [0.15, 0.2) is 42.7 Å². The number of aromatic amines is 1. The highest BCUT2D eigenvalue weighted by Gasteiger charge is 2.14. The van der Waals surface area contributed by atoms with Crippen molar-refractivity contribution in [2.75, 3.05) is 0 Å². The Balaban J connectivity index is 2.07. The average Bonchev–Trinajstić information content (AvgIpc) is 3.08. The van der Waals surface area contributed by atoms with Crippen molar-refractivity contribution >= 4 is 11.7 Å². The van der Waals surface area contributed by atoms with Gasteiger partial charge in [0.1, 0.15) is 6.04 Å². The number of rotatable bonds is 6. The molecule has 5 heteroatoms. The first kappa shape index (κ1) is 15.5. The molecule has 1 amide bonds. The third kappa shape index (κ3) is 3.61. The van der Waals surface area contributed by atoms with Crippen LogP contribution in [0.5, 0.6) is 0 Å². The number of nitriles is 1. The van der Waals surface area contributed by atoms with E-state index in [-0.39, 0.29) is 11.7 Å². The normalized spacial score (nSPS) is 11.5. The van der Waals surface area contributed by atoms with E-state index in [1.54, 1.807) is 42.7 Å². The number of hydrogen-bond donors (Lipinski definition) is 2. The number of benzene rings is 1. The van der Waals surface area contributed by atoms with Gasteiger partial charge in [-0.2, -0.15) is 5.26 Å². The summed E-state index contributed by atoms with van der Waals surface area (Å²) in [4.78, 5) is 27.0. The topological polar surface area (TPSA) is 85.8 Å². The van der Waals surface area contributed by atoms with Crippen molar-refractivity contribution in [2.24, 2.45) is 0 Å². The molecule has 0 radical (unpaired) electrons. The summed E-state index contributed by atoms with van der Waals surface area (Å²) in [6.45, 7) is 1.96. The van der Waals surface area contributed by atoms with Crippen LogP contribution in [0.1, 0.15) is 46.0 Å². The number of nitrogens with one attached hydrogen (secondary N) is 2. The van der Waals surface area contributed by atoms with Crippen LogP contribution in [0, 0.1) is 11.3 Å². The highest BCUT2D eigenvalue weighted by atomic mass is 16.1. The molecule has 1 heterocycles. The van der Waals surface area contributed by atoms with Crippen LogP contribution in [0.25, 0.3) is 0 Å². The Bertz CT molecular complexity index is 682. The first-order valence-electron chi connectivity index (χ1n) is 7.13. The van der Waals surface area contributed by atoms with Crippen LogP contribution in [0.4, 0.5) is 0 Å². The number of carbonyl (C=O) groups excluding carboxylic acids is 2. The lowest BCUT2D eigenvalue weighted by molar-refractivity contribution is 0.0942. The van der Waals surface area contributed by atoms with E-state index in [1.807, 2.05) is 6.92 Å². The Labute approximate surface area is 129 Å². The second kappa shape index (κ2) is 7.23. The molecule has 1 atom stereocenters. The van der Waals surface area contributed by atoms with Crippen molar-refractivity contribution in [3.05, 3.63) is 59.4 Å². The minimum atomic E-state index is -0.487. The summed E-state index contributed by atoms with van der Waals surface area (Å²) >= 11 is 0. The monoisotopic (exact) mass is 295 g/mol.